The Bertz CT molecular complexity index is 448. The highest BCUT2D eigenvalue weighted by molar-refractivity contribution is 5.83. The predicted molar refractivity (Wildman–Crippen MR) is 79.3 cm³/mol. The van der Waals surface area contributed by atoms with Gasteiger partial charge in [-0.3, -0.25) is 20.4 Å². The van der Waals surface area contributed by atoms with Crippen LogP contribution in [0, 0.1) is 17.8 Å². The molecule has 2 rings (SSSR count). The highest BCUT2D eigenvalue weighted by Gasteiger charge is 2.42. The number of hydrogen-bond donors (Lipinski definition) is 2. The molecule has 2 unspecified atom stereocenters. The minimum Gasteiger partial charge on any atom is -0.273 e. The Morgan fingerprint density at radius 1 is 0.958 bits per heavy atom. The molecule has 0 saturated heterocycles. The van der Waals surface area contributed by atoms with E-state index >= 15 is 0 Å². The van der Waals surface area contributed by atoms with Crippen LogP contribution in [0.1, 0.15) is 57.8 Å². The summed E-state index contributed by atoms with van der Waals surface area (Å²) in [5.74, 6) is -2.80. The van der Waals surface area contributed by atoms with E-state index in [1.54, 1.807) is 0 Å². The molecule has 2 fully saturated rings. The highest BCUT2D eigenvalue weighted by atomic mass is 19.4. The Kier molecular flexibility index (Phi) is 6.46. The van der Waals surface area contributed by atoms with Crippen LogP contribution in [0.2, 0.25) is 0 Å². The van der Waals surface area contributed by atoms with Crippen LogP contribution >= 0.6 is 0 Å². The van der Waals surface area contributed by atoms with E-state index in [1.807, 2.05) is 0 Å². The molecular weight excluding hydrogens is 328 g/mol. The van der Waals surface area contributed by atoms with Crippen LogP contribution in [0.5, 0.6) is 0 Å². The van der Waals surface area contributed by atoms with Gasteiger partial charge in [0.15, 0.2) is 0 Å². The average molecular weight is 352 g/mol. The molecule has 0 aromatic heterocycles. The number of alkyl halides is 4. The standard InChI is InChI=1S/C16H24F4N2O2/c17-13-6-4-11(5-7-13)15(24)22-21-14(23)9-10-2-1-3-12(8-10)16(18,19)20/h10-13H,1-9H2,(H,21,23)(H,22,24). The fourth-order valence-corrected chi connectivity index (χ4v) is 3.64. The normalized spacial score (nSPS) is 31.3. The van der Waals surface area contributed by atoms with E-state index in [1.165, 1.54) is 0 Å². The average Bonchev–Trinajstić information content (AvgIpc) is 2.53. The first kappa shape index (κ1) is 19.0. The Morgan fingerprint density at radius 2 is 1.62 bits per heavy atom. The molecule has 24 heavy (non-hydrogen) atoms. The number of carbonyl (C=O) groups excluding carboxylic acids is 2. The van der Waals surface area contributed by atoms with Gasteiger partial charge in [-0.15, -0.1) is 0 Å². The van der Waals surface area contributed by atoms with Gasteiger partial charge in [0, 0.05) is 12.3 Å². The fraction of sp³-hybridized carbons (Fsp3) is 0.875. The number of halogens is 4. The minimum absolute atomic E-state index is 0.0237. The summed E-state index contributed by atoms with van der Waals surface area (Å²) in [5, 5.41) is 0. The molecule has 2 aliphatic carbocycles. The second kappa shape index (κ2) is 8.16. The lowest BCUT2D eigenvalue weighted by molar-refractivity contribution is -0.186. The van der Waals surface area contributed by atoms with E-state index in [0.717, 1.165) is 0 Å². The lowest BCUT2D eigenvalue weighted by Gasteiger charge is -2.30. The Morgan fingerprint density at radius 3 is 2.25 bits per heavy atom. The SMILES string of the molecule is O=C(CC1CCCC(C(F)(F)F)C1)NNC(=O)C1CCC(F)CC1. The molecule has 0 radical (unpaired) electrons. The maximum Gasteiger partial charge on any atom is 0.391 e. The van der Waals surface area contributed by atoms with Crippen LogP contribution in [0.15, 0.2) is 0 Å². The zero-order valence-corrected chi connectivity index (χ0v) is 13.5. The molecule has 2 saturated carbocycles. The van der Waals surface area contributed by atoms with Crippen molar-refractivity contribution in [2.45, 2.75) is 70.1 Å². The van der Waals surface area contributed by atoms with Crippen LogP contribution in [0.4, 0.5) is 17.6 Å². The highest BCUT2D eigenvalue weighted by Crippen LogP contribution is 2.40. The van der Waals surface area contributed by atoms with Gasteiger partial charge in [0.25, 0.3) is 0 Å². The van der Waals surface area contributed by atoms with Crippen molar-refractivity contribution in [1.82, 2.24) is 10.9 Å². The first-order valence-corrected chi connectivity index (χ1v) is 8.55. The molecule has 0 bridgehead atoms. The van der Waals surface area contributed by atoms with Gasteiger partial charge in [-0.1, -0.05) is 6.42 Å². The summed E-state index contributed by atoms with van der Waals surface area (Å²) in [6, 6.07) is 0. The summed E-state index contributed by atoms with van der Waals surface area (Å²) in [5.41, 5.74) is 4.59. The first-order chi connectivity index (χ1) is 11.3. The summed E-state index contributed by atoms with van der Waals surface area (Å²) in [6.45, 7) is 0. The lowest BCUT2D eigenvalue weighted by Crippen LogP contribution is -2.46. The van der Waals surface area contributed by atoms with Crippen LogP contribution in [-0.4, -0.2) is 24.2 Å². The maximum atomic E-state index is 13.0. The Labute approximate surface area is 138 Å². The molecule has 0 aromatic carbocycles. The molecule has 0 aromatic rings. The van der Waals surface area contributed by atoms with Gasteiger partial charge in [0.1, 0.15) is 6.17 Å². The number of rotatable bonds is 3. The Hall–Kier alpha value is -1.34. The summed E-state index contributed by atoms with van der Waals surface area (Å²) < 4.78 is 51.3. The second-order valence-corrected chi connectivity index (χ2v) is 6.96. The van der Waals surface area contributed by atoms with Crippen molar-refractivity contribution in [2.75, 3.05) is 0 Å². The van der Waals surface area contributed by atoms with Gasteiger partial charge < -0.3 is 0 Å². The quantitative estimate of drug-likeness (QED) is 0.604. The molecule has 0 spiro atoms. The molecule has 2 aliphatic rings. The first-order valence-electron chi connectivity index (χ1n) is 8.55. The van der Waals surface area contributed by atoms with Crippen LogP contribution in [0.25, 0.3) is 0 Å². The molecule has 2 N–H and O–H groups in total. The summed E-state index contributed by atoms with van der Waals surface area (Å²) in [4.78, 5) is 23.7. The van der Waals surface area contributed by atoms with Crippen molar-refractivity contribution < 1.29 is 27.2 Å². The second-order valence-electron chi connectivity index (χ2n) is 6.96. The van der Waals surface area contributed by atoms with Gasteiger partial charge >= 0.3 is 6.18 Å². The monoisotopic (exact) mass is 352 g/mol. The van der Waals surface area contributed by atoms with E-state index in [9.17, 15) is 27.2 Å². The Balaban J connectivity index is 1.70. The van der Waals surface area contributed by atoms with Crippen molar-refractivity contribution in [1.29, 1.82) is 0 Å². The van der Waals surface area contributed by atoms with Gasteiger partial charge in [0.2, 0.25) is 11.8 Å². The van der Waals surface area contributed by atoms with Gasteiger partial charge in [0.05, 0.1) is 5.92 Å². The summed E-state index contributed by atoms with van der Waals surface area (Å²) >= 11 is 0. The van der Waals surface area contributed by atoms with Gasteiger partial charge in [-0.25, -0.2) is 4.39 Å². The summed E-state index contributed by atoms with van der Waals surface area (Å²) in [7, 11) is 0. The smallest absolute Gasteiger partial charge is 0.273 e. The molecule has 2 amide bonds. The number of carbonyl (C=O) groups is 2. The molecule has 4 nitrogen and oxygen atoms in total. The van der Waals surface area contributed by atoms with E-state index in [0.29, 0.717) is 38.5 Å². The zero-order chi connectivity index (χ0) is 17.7. The third kappa shape index (κ3) is 5.63. The number of hydrazine groups is 1. The molecule has 0 heterocycles. The van der Waals surface area contributed by atoms with Crippen molar-refractivity contribution in [2.24, 2.45) is 17.8 Å². The van der Waals surface area contributed by atoms with Gasteiger partial charge in [-0.2, -0.15) is 13.2 Å². The van der Waals surface area contributed by atoms with Crippen molar-refractivity contribution in [3.63, 3.8) is 0 Å². The predicted octanol–water partition coefficient (Wildman–Crippen LogP) is 3.42. The molecule has 2 atom stereocenters. The minimum atomic E-state index is -4.21. The van der Waals surface area contributed by atoms with Crippen LogP contribution in [-0.2, 0) is 9.59 Å². The van der Waals surface area contributed by atoms with Gasteiger partial charge in [-0.05, 0) is 50.9 Å². The van der Waals surface area contributed by atoms with Crippen molar-refractivity contribution in [3.8, 4) is 0 Å². The van der Waals surface area contributed by atoms with E-state index in [4.69, 9.17) is 0 Å². The molecule has 138 valence electrons. The number of amides is 2. The molecule has 8 heteroatoms. The van der Waals surface area contributed by atoms with Crippen LogP contribution in [0.3, 0.4) is 0 Å². The summed E-state index contributed by atoms with van der Waals surface area (Å²) in [6.07, 6.45) is -2.40. The zero-order valence-electron chi connectivity index (χ0n) is 13.5. The van der Waals surface area contributed by atoms with Crippen LogP contribution < -0.4 is 10.9 Å². The fourth-order valence-electron chi connectivity index (χ4n) is 3.64. The van der Waals surface area contributed by atoms with Crippen molar-refractivity contribution in [3.05, 3.63) is 0 Å². The van der Waals surface area contributed by atoms with E-state index < -0.39 is 24.2 Å². The topological polar surface area (TPSA) is 58.2 Å². The third-order valence-electron chi connectivity index (χ3n) is 5.07. The number of hydrogen-bond acceptors (Lipinski definition) is 2. The largest absolute Gasteiger partial charge is 0.391 e. The number of nitrogens with one attached hydrogen (secondary N) is 2. The maximum absolute atomic E-state index is 13.0. The van der Waals surface area contributed by atoms with Crippen molar-refractivity contribution >= 4 is 11.8 Å². The van der Waals surface area contributed by atoms with E-state index in [2.05, 4.69) is 10.9 Å². The van der Waals surface area contributed by atoms with E-state index in [-0.39, 0.29) is 37.0 Å². The molecule has 0 aliphatic heterocycles. The molecular formula is C16H24F4N2O2. The third-order valence-corrected chi connectivity index (χ3v) is 5.07. The lowest BCUT2D eigenvalue weighted by atomic mass is 9.79.